The summed E-state index contributed by atoms with van der Waals surface area (Å²) in [5.74, 6) is 2.46. The molecule has 0 spiro atoms. The van der Waals surface area contributed by atoms with Crippen LogP contribution >= 0.6 is 0 Å². The predicted octanol–water partition coefficient (Wildman–Crippen LogP) is 2.76. The van der Waals surface area contributed by atoms with Crippen molar-refractivity contribution in [3.05, 3.63) is 71.3 Å². The molecule has 0 amide bonds. The van der Waals surface area contributed by atoms with Gasteiger partial charge in [0.25, 0.3) is 0 Å². The van der Waals surface area contributed by atoms with E-state index in [1.807, 2.05) is 54.6 Å². The van der Waals surface area contributed by atoms with E-state index < -0.39 is 0 Å². The third kappa shape index (κ3) is 2.53. The summed E-state index contributed by atoms with van der Waals surface area (Å²) in [4.78, 5) is 6.68. The van der Waals surface area contributed by atoms with Gasteiger partial charge in [0.15, 0.2) is 0 Å². The number of benzene rings is 1. The molecule has 0 bridgehead atoms. The van der Waals surface area contributed by atoms with E-state index in [9.17, 15) is 0 Å². The van der Waals surface area contributed by atoms with Gasteiger partial charge in [-0.05, 0) is 0 Å². The summed E-state index contributed by atoms with van der Waals surface area (Å²) >= 11 is 0.295. The van der Waals surface area contributed by atoms with Crippen molar-refractivity contribution in [1.29, 1.82) is 0 Å². The fourth-order valence-electron chi connectivity index (χ4n) is 2.15. The number of ether oxygens (including phenoxy) is 2. The van der Waals surface area contributed by atoms with Crippen LogP contribution in [0.3, 0.4) is 0 Å². The van der Waals surface area contributed by atoms with Crippen molar-refractivity contribution in [2.45, 2.75) is 6.23 Å². The van der Waals surface area contributed by atoms with Crippen LogP contribution in [0.5, 0.6) is 5.75 Å². The summed E-state index contributed by atoms with van der Waals surface area (Å²) in [6.45, 7) is 0. The number of allylic oxidation sites excluding steroid dienone is 5. The Morgan fingerprint density at radius 3 is 3.14 bits per heavy atom. The Bertz CT molecular complexity index is 705. The molecule has 21 heavy (non-hydrogen) atoms. The monoisotopic (exact) mass is 344 g/mol. The van der Waals surface area contributed by atoms with Crippen molar-refractivity contribution >= 4 is 25.3 Å². The van der Waals surface area contributed by atoms with E-state index in [4.69, 9.17) is 9.47 Å². The molecule has 3 aliphatic rings. The summed E-state index contributed by atoms with van der Waals surface area (Å²) < 4.78 is 12.5. The molecule has 0 aromatic heterocycles. The molecular weight excluding hydrogens is 331 g/mol. The Labute approximate surface area is 128 Å². The maximum absolute atomic E-state index is 5.74. The predicted molar refractivity (Wildman–Crippen MR) is 83.2 cm³/mol. The van der Waals surface area contributed by atoms with E-state index in [-0.39, 0.29) is 6.23 Å². The van der Waals surface area contributed by atoms with Gasteiger partial charge in [0.2, 0.25) is 0 Å². The van der Waals surface area contributed by atoms with Crippen molar-refractivity contribution in [1.82, 2.24) is 0 Å². The number of para-hydroxylation sites is 2. The molecule has 3 heterocycles. The number of fused-ring (bicyclic) bond motifs is 2. The van der Waals surface area contributed by atoms with Crippen LogP contribution in [0.4, 0.5) is 5.69 Å². The first-order chi connectivity index (χ1) is 10.4. The Balaban J connectivity index is 1.42. The van der Waals surface area contributed by atoms with E-state index in [2.05, 4.69) is 15.3 Å². The normalized spacial score (nSPS) is 24.0. The third-order valence-corrected chi connectivity index (χ3v) is 4.82. The van der Waals surface area contributed by atoms with Gasteiger partial charge in [0.1, 0.15) is 0 Å². The van der Waals surface area contributed by atoms with Gasteiger partial charge in [-0.1, -0.05) is 0 Å². The molecule has 0 aliphatic carbocycles. The van der Waals surface area contributed by atoms with Gasteiger partial charge >= 0.3 is 128 Å². The average Bonchev–Trinajstić information content (AvgIpc) is 3.09. The first-order valence-electron chi connectivity index (χ1n) is 6.59. The molecule has 1 aromatic carbocycles. The van der Waals surface area contributed by atoms with E-state index in [0.717, 1.165) is 21.8 Å². The Hall–Kier alpha value is -2.23. The Kier molecular flexibility index (Phi) is 3.14. The molecule has 1 aromatic rings. The molecule has 0 fully saturated rings. The van der Waals surface area contributed by atoms with Crippen LogP contribution in [0.1, 0.15) is 0 Å². The molecule has 104 valence electrons. The van der Waals surface area contributed by atoms with Crippen LogP contribution in [-0.2, 0) is 4.74 Å². The summed E-state index contributed by atoms with van der Waals surface area (Å²) in [6.07, 6.45) is 9.46. The van der Waals surface area contributed by atoms with Gasteiger partial charge in [-0.2, -0.15) is 0 Å². The molecule has 3 aliphatic heterocycles. The molecule has 1 unspecified atom stereocenters. The van der Waals surface area contributed by atoms with Crippen LogP contribution in [0.2, 0.25) is 0 Å². The van der Waals surface area contributed by atoms with Gasteiger partial charge in [-0.3, -0.25) is 0 Å². The van der Waals surface area contributed by atoms with E-state index in [1.165, 1.54) is 0 Å². The molecule has 0 saturated heterocycles. The summed E-state index contributed by atoms with van der Waals surface area (Å²) in [5, 5.41) is 3.20. The topological polar surface area (TPSA) is 42.9 Å². The van der Waals surface area contributed by atoms with Gasteiger partial charge < -0.3 is 0 Å². The zero-order chi connectivity index (χ0) is 14.1. The third-order valence-electron chi connectivity index (χ3n) is 3.10. The van der Waals surface area contributed by atoms with Crippen molar-refractivity contribution in [3.8, 4) is 5.75 Å². The van der Waals surface area contributed by atoms with Crippen molar-refractivity contribution < 1.29 is 9.47 Å². The van der Waals surface area contributed by atoms with Crippen molar-refractivity contribution in [2.75, 3.05) is 5.32 Å². The van der Waals surface area contributed by atoms with Crippen LogP contribution in [0, 0.1) is 0 Å². The molecule has 4 nitrogen and oxygen atoms in total. The second kappa shape index (κ2) is 5.28. The molecule has 1 atom stereocenters. The molecule has 4 rings (SSSR count). The van der Waals surface area contributed by atoms with Gasteiger partial charge in [-0.25, -0.2) is 0 Å². The minimum absolute atomic E-state index is 0.228. The number of anilines is 1. The van der Waals surface area contributed by atoms with Gasteiger partial charge in [0.05, 0.1) is 0 Å². The van der Waals surface area contributed by atoms with Crippen LogP contribution < -0.4 is 10.1 Å². The van der Waals surface area contributed by atoms with E-state index in [0.29, 0.717) is 20.8 Å². The first kappa shape index (κ1) is 12.5. The standard InChI is InChI=1S/C16H12N2O2Se/c1-2-6-12-11(5-1)17-14(19-12)8-3-9-15-18-16-13(20-15)7-4-10-21-16/h1-10,15,17H. The number of hydrogen-bond acceptors (Lipinski definition) is 4. The zero-order valence-corrected chi connectivity index (χ0v) is 12.7. The molecular formula is C16H12N2O2Se. The maximum atomic E-state index is 5.74. The molecule has 0 saturated carbocycles. The number of aliphatic imine (C=N–C) groups is 1. The van der Waals surface area contributed by atoms with E-state index >= 15 is 0 Å². The summed E-state index contributed by atoms with van der Waals surface area (Å²) in [5.41, 5.74) is 0.986. The van der Waals surface area contributed by atoms with Crippen LogP contribution in [0.25, 0.3) is 0 Å². The first-order valence-corrected chi connectivity index (χ1v) is 8.44. The van der Waals surface area contributed by atoms with Crippen molar-refractivity contribution in [2.24, 2.45) is 4.99 Å². The fourth-order valence-corrected chi connectivity index (χ4v) is 3.58. The molecule has 0 radical (unpaired) electrons. The van der Waals surface area contributed by atoms with Crippen molar-refractivity contribution in [3.63, 3.8) is 0 Å². The fraction of sp³-hybridized carbons (Fsp3) is 0.0625. The average molecular weight is 343 g/mol. The van der Waals surface area contributed by atoms with Gasteiger partial charge in [0, 0.05) is 0 Å². The SMILES string of the molecule is C1=C[Se]C2=NC(C=CC=C3Nc4ccccc4O3)OC2=C1. The molecule has 1 N–H and O–H groups in total. The van der Waals surface area contributed by atoms with Crippen LogP contribution in [-0.4, -0.2) is 25.8 Å². The van der Waals surface area contributed by atoms with Crippen LogP contribution in [0.15, 0.2) is 76.3 Å². The molecule has 5 heteroatoms. The quantitative estimate of drug-likeness (QED) is 0.840. The number of hydrogen-bond donors (Lipinski definition) is 1. The van der Waals surface area contributed by atoms with E-state index in [1.54, 1.807) is 0 Å². The second-order valence-electron chi connectivity index (χ2n) is 4.56. The van der Waals surface area contributed by atoms with Gasteiger partial charge in [-0.15, -0.1) is 0 Å². The Morgan fingerprint density at radius 1 is 1.29 bits per heavy atom. The number of rotatable bonds is 2. The summed E-state index contributed by atoms with van der Waals surface area (Å²) in [7, 11) is 0. The Morgan fingerprint density at radius 2 is 2.24 bits per heavy atom. The second-order valence-corrected chi connectivity index (χ2v) is 6.44. The zero-order valence-electron chi connectivity index (χ0n) is 11.0. The minimum atomic E-state index is -0.228. The summed E-state index contributed by atoms with van der Waals surface area (Å²) in [6, 6.07) is 7.85. The number of nitrogens with zero attached hydrogens (tertiary/aromatic N) is 1. The number of nitrogens with one attached hydrogen (secondary N) is 1.